The summed E-state index contributed by atoms with van der Waals surface area (Å²) in [6, 6.07) is 7.04. The average Bonchev–Trinajstić information content (AvgIpc) is 3.02. The number of aryl methyl sites for hydroxylation is 2. The maximum atomic E-state index is 5.16. The summed E-state index contributed by atoms with van der Waals surface area (Å²) in [5.41, 5.74) is 4.82. The van der Waals surface area contributed by atoms with Gasteiger partial charge in [0.15, 0.2) is 0 Å². The molecule has 0 aromatic heterocycles. The second-order valence-corrected chi connectivity index (χ2v) is 7.51. The molecule has 1 aromatic carbocycles. The monoisotopic (exact) mass is 287 g/mol. The van der Waals surface area contributed by atoms with Gasteiger partial charge >= 0.3 is 0 Å². The molecule has 0 spiro atoms. The summed E-state index contributed by atoms with van der Waals surface area (Å²) in [7, 11) is 1.78. The second kappa shape index (κ2) is 6.10. The summed E-state index contributed by atoms with van der Waals surface area (Å²) in [6.45, 7) is 7.36. The Kier molecular flexibility index (Phi) is 4.37. The van der Waals surface area contributed by atoms with Gasteiger partial charge in [0.2, 0.25) is 0 Å². The van der Waals surface area contributed by atoms with Crippen molar-refractivity contribution < 1.29 is 4.74 Å². The first-order valence-electron chi connectivity index (χ1n) is 8.37. The molecule has 0 aliphatic heterocycles. The number of fused-ring (bicyclic) bond motifs is 1. The third-order valence-corrected chi connectivity index (χ3v) is 5.30. The second-order valence-electron chi connectivity index (χ2n) is 7.51. The first-order valence-corrected chi connectivity index (χ1v) is 8.37. The molecule has 2 aliphatic rings. The Balaban J connectivity index is 1.67. The normalized spacial score (nSPS) is 30.4. The van der Waals surface area contributed by atoms with Crippen molar-refractivity contribution in [2.75, 3.05) is 26.8 Å². The van der Waals surface area contributed by atoms with E-state index in [0.717, 1.165) is 31.5 Å². The molecule has 116 valence electrons. The number of hydrogen-bond donors (Lipinski definition) is 1. The molecule has 0 amide bonds. The smallest absolute Gasteiger partial charge is 0.0587 e. The number of rotatable bonds is 7. The van der Waals surface area contributed by atoms with Crippen LogP contribution in [0.5, 0.6) is 0 Å². The van der Waals surface area contributed by atoms with Crippen molar-refractivity contribution in [1.29, 1.82) is 0 Å². The van der Waals surface area contributed by atoms with E-state index >= 15 is 0 Å². The van der Waals surface area contributed by atoms with Gasteiger partial charge < -0.3 is 10.1 Å². The predicted molar refractivity (Wildman–Crippen MR) is 87.6 cm³/mol. The maximum absolute atomic E-state index is 5.16. The van der Waals surface area contributed by atoms with Crippen molar-refractivity contribution >= 4 is 0 Å². The van der Waals surface area contributed by atoms with Crippen LogP contribution < -0.4 is 5.32 Å². The van der Waals surface area contributed by atoms with E-state index in [-0.39, 0.29) is 0 Å². The van der Waals surface area contributed by atoms with Gasteiger partial charge in [-0.1, -0.05) is 29.3 Å². The minimum absolute atomic E-state index is 0.488. The van der Waals surface area contributed by atoms with Gasteiger partial charge in [-0.05, 0) is 62.3 Å². The lowest BCUT2D eigenvalue weighted by Gasteiger charge is -2.32. The van der Waals surface area contributed by atoms with Crippen LogP contribution >= 0.6 is 0 Å². The maximum Gasteiger partial charge on any atom is 0.0587 e. The van der Waals surface area contributed by atoms with E-state index in [4.69, 9.17) is 4.74 Å². The highest BCUT2D eigenvalue weighted by Gasteiger charge is 2.53. The first kappa shape index (κ1) is 15.1. The lowest BCUT2D eigenvalue weighted by Crippen LogP contribution is -2.36. The number of ether oxygens (including phenoxy) is 1. The molecule has 0 saturated heterocycles. The molecule has 1 N–H and O–H groups in total. The van der Waals surface area contributed by atoms with Gasteiger partial charge in [0, 0.05) is 20.2 Å². The van der Waals surface area contributed by atoms with E-state index in [2.05, 4.69) is 37.4 Å². The predicted octanol–water partition coefficient (Wildman–Crippen LogP) is 3.50. The molecule has 0 heterocycles. The highest BCUT2D eigenvalue weighted by Crippen LogP contribution is 2.60. The van der Waals surface area contributed by atoms with E-state index in [1.54, 1.807) is 7.11 Å². The summed E-state index contributed by atoms with van der Waals surface area (Å²) in [6.07, 6.45) is 5.57. The van der Waals surface area contributed by atoms with Gasteiger partial charge in [0.25, 0.3) is 0 Å². The Labute approximate surface area is 129 Å². The summed E-state index contributed by atoms with van der Waals surface area (Å²) >= 11 is 0. The summed E-state index contributed by atoms with van der Waals surface area (Å²) in [5.74, 6) is 2.06. The van der Waals surface area contributed by atoms with Crippen LogP contribution in [0.4, 0.5) is 0 Å². The zero-order valence-electron chi connectivity index (χ0n) is 13.7. The number of nitrogens with one attached hydrogen (secondary N) is 1. The van der Waals surface area contributed by atoms with Gasteiger partial charge in [0.05, 0.1) is 6.61 Å². The fourth-order valence-corrected chi connectivity index (χ4v) is 4.49. The fourth-order valence-electron chi connectivity index (χ4n) is 4.49. The minimum atomic E-state index is 0.488. The van der Waals surface area contributed by atoms with Crippen molar-refractivity contribution in [3.8, 4) is 0 Å². The molecule has 2 aliphatic carbocycles. The van der Waals surface area contributed by atoms with E-state index in [1.807, 2.05) is 0 Å². The van der Waals surface area contributed by atoms with Crippen LogP contribution in [-0.2, 0) is 11.2 Å². The quantitative estimate of drug-likeness (QED) is 0.775. The Morgan fingerprint density at radius 3 is 2.43 bits per heavy atom. The van der Waals surface area contributed by atoms with Crippen LogP contribution in [0.25, 0.3) is 0 Å². The van der Waals surface area contributed by atoms with E-state index in [0.29, 0.717) is 5.41 Å². The molecule has 2 atom stereocenters. The van der Waals surface area contributed by atoms with Crippen molar-refractivity contribution in [2.45, 2.75) is 39.5 Å². The van der Waals surface area contributed by atoms with Crippen molar-refractivity contribution in [2.24, 2.45) is 17.3 Å². The molecule has 0 bridgehead atoms. The molecule has 0 radical (unpaired) electrons. The van der Waals surface area contributed by atoms with Gasteiger partial charge in [-0.15, -0.1) is 0 Å². The highest BCUT2D eigenvalue weighted by molar-refractivity contribution is 5.30. The fraction of sp³-hybridized carbons (Fsp3) is 0.684. The van der Waals surface area contributed by atoms with Crippen molar-refractivity contribution in [1.82, 2.24) is 5.32 Å². The van der Waals surface area contributed by atoms with Gasteiger partial charge in [-0.3, -0.25) is 0 Å². The standard InChI is InChI=1S/C19H29NO/c1-14-6-15(2)8-16(7-14)10-19(13-20-4-5-21-3)11-17-9-18(17)12-19/h6-8,17-18,20H,4-5,9-13H2,1-3H3. The molecule has 2 fully saturated rings. The van der Waals surface area contributed by atoms with Gasteiger partial charge in [0.1, 0.15) is 0 Å². The summed E-state index contributed by atoms with van der Waals surface area (Å²) in [4.78, 5) is 0. The third kappa shape index (κ3) is 3.67. The molecule has 21 heavy (non-hydrogen) atoms. The van der Waals surface area contributed by atoms with Crippen LogP contribution in [-0.4, -0.2) is 26.8 Å². The molecule has 2 unspecified atom stereocenters. The Bertz CT molecular complexity index is 466. The molecule has 2 heteroatoms. The zero-order chi connectivity index (χ0) is 14.9. The Hall–Kier alpha value is -0.860. The topological polar surface area (TPSA) is 21.3 Å². The zero-order valence-corrected chi connectivity index (χ0v) is 13.7. The molecular weight excluding hydrogens is 258 g/mol. The number of hydrogen-bond acceptors (Lipinski definition) is 2. The minimum Gasteiger partial charge on any atom is -0.383 e. The first-order chi connectivity index (χ1) is 10.1. The SMILES string of the molecule is COCCNCC1(Cc2cc(C)cc(C)c2)CC2CC2C1. The van der Waals surface area contributed by atoms with Crippen LogP contribution in [0.2, 0.25) is 0 Å². The molecule has 2 nitrogen and oxygen atoms in total. The molecule has 1 aromatic rings. The van der Waals surface area contributed by atoms with Crippen LogP contribution in [0.1, 0.15) is 36.0 Å². The lowest BCUT2D eigenvalue weighted by molar-refractivity contribution is 0.186. The molecular formula is C19H29NO. The highest BCUT2D eigenvalue weighted by atomic mass is 16.5. The number of methoxy groups -OCH3 is 1. The van der Waals surface area contributed by atoms with Crippen LogP contribution in [0, 0.1) is 31.1 Å². The summed E-state index contributed by atoms with van der Waals surface area (Å²) in [5, 5.41) is 3.63. The number of benzene rings is 1. The van der Waals surface area contributed by atoms with Crippen molar-refractivity contribution in [3.63, 3.8) is 0 Å². The van der Waals surface area contributed by atoms with Gasteiger partial charge in [-0.2, -0.15) is 0 Å². The van der Waals surface area contributed by atoms with E-state index < -0.39 is 0 Å². The summed E-state index contributed by atoms with van der Waals surface area (Å²) < 4.78 is 5.16. The van der Waals surface area contributed by atoms with Crippen LogP contribution in [0.3, 0.4) is 0 Å². The molecule has 3 rings (SSSR count). The van der Waals surface area contributed by atoms with Crippen LogP contribution in [0.15, 0.2) is 18.2 Å². The molecule has 2 saturated carbocycles. The lowest BCUT2D eigenvalue weighted by atomic mass is 9.77. The average molecular weight is 287 g/mol. The third-order valence-electron chi connectivity index (χ3n) is 5.30. The van der Waals surface area contributed by atoms with E-state index in [1.165, 1.54) is 42.4 Å². The Morgan fingerprint density at radius 2 is 1.81 bits per heavy atom. The van der Waals surface area contributed by atoms with E-state index in [9.17, 15) is 0 Å². The van der Waals surface area contributed by atoms with Crippen molar-refractivity contribution in [3.05, 3.63) is 34.9 Å². The Morgan fingerprint density at radius 1 is 1.14 bits per heavy atom. The van der Waals surface area contributed by atoms with Gasteiger partial charge in [-0.25, -0.2) is 0 Å². The largest absolute Gasteiger partial charge is 0.383 e.